The van der Waals surface area contributed by atoms with Gasteiger partial charge in [0.25, 0.3) is 0 Å². The summed E-state index contributed by atoms with van der Waals surface area (Å²) in [7, 11) is -1.26. The van der Waals surface area contributed by atoms with Gasteiger partial charge in [-0.1, -0.05) is 37.3 Å². The van der Waals surface area contributed by atoms with Crippen LogP contribution in [-0.2, 0) is 16.2 Å². The van der Waals surface area contributed by atoms with E-state index >= 15 is 0 Å². The number of carbonyl (C=O) groups excluding carboxylic acids is 1. The van der Waals surface area contributed by atoms with Gasteiger partial charge in [-0.2, -0.15) is 0 Å². The molecule has 0 saturated heterocycles. The highest BCUT2D eigenvalue weighted by molar-refractivity contribution is 6.76. The average Bonchev–Trinajstić information content (AvgIpc) is 3.12. The summed E-state index contributed by atoms with van der Waals surface area (Å²) in [4.78, 5) is 21.4. The summed E-state index contributed by atoms with van der Waals surface area (Å²) < 4.78 is 13.4. The molecular formula is C24H31ClN4O3Si. The van der Waals surface area contributed by atoms with Crippen LogP contribution in [0.2, 0.25) is 30.7 Å². The van der Waals surface area contributed by atoms with Crippen LogP contribution in [0.1, 0.15) is 22.8 Å². The molecule has 0 unspecified atom stereocenters. The quantitative estimate of drug-likeness (QED) is 0.239. The number of nitrogen functional groups attached to an aromatic ring is 1. The molecule has 0 aliphatic rings. The number of aryl methyl sites for hydroxylation is 1. The third-order valence-electron chi connectivity index (χ3n) is 5.20. The van der Waals surface area contributed by atoms with E-state index in [0.717, 1.165) is 17.2 Å². The van der Waals surface area contributed by atoms with Crippen molar-refractivity contribution in [1.29, 1.82) is 0 Å². The number of nitrogens with two attached hydrogens (primary N) is 1. The normalized spacial score (nSPS) is 11.6. The van der Waals surface area contributed by atoms with E-state index in [4.69, 9.17) is 26.8 Å². The van der Waals surface area contributed by atoms with Crippen molar-refractivity contribution in [2.75, 3.05) is 18.9 Å². The van der Waals surface area contributed by atoms with Gasteiger partial charge in [-0.05, 0) is 49.7 Å². The molecule has 3 aromatic rings. The minimum Gasteiger partial charge on any atom is -0.462 e. The molecule has 0 radical (unpaired) electrons. The Morgan fingerprint density at radius 3 is 2.64 bits per heavy atom. The van der Waals surface area contributed by atoms with Gasteiger partial charge < -0.3 is 19.8 Å². The van der Waals surface area contributed by atoms with Crippen LogP contribution in [0, 0.1) is 6.92 Å². The number of carbonyl (C=O) groups is 1. The molecule has 0 aliphatic heterocycles. The van der Waals surface area contributed by atoms with Crippen molar-refractivity contribution in [3.8, 4) is 22.6 Å². The van der Waals surface area contributed by atoms with Crippen LogP contribution >= 0.6 is 11.6 Å². The maximum atomic E-state index is 13.0. The van der Waals surface area contributed by atoms with Crippen LogP contribution in [0.5, 0.6) is 0 Å². The zero-order chi connectivity index (χ0) is 24.2. The molecule has 1 aromatic carbocycles. The summed E-state index contributed by atoms with van der Waals surface area (Å²) in [6.45, 7) is 11.8. The first kappa shape index (κ1) is 24.9. The van der Waals surface area contributed by atoms with Gasteiger partial charge in [0.15, 0.2) is 0 Å². The molecule has 3 rings (SSSR count). The number of benzene rings is 1. The Morgan fingerprint density at radius 1 is 1.21 bits per heavy atom. The number of rotatable bonds is 9. The maximum absolute atomic E-state index is 13.0. The first-order valence-corrected chi connectivity index (χ1v) is 15.0. The molecule has 0 atom stereocenters. The second-order valence-electron chi connectivity index (χ2n) is 9.05. The standard InChI is InChI=1S/C24H31ClN4O3Si/c1-6-32-23(30)19-14-21(20-9-10-27-24(26)28-20)29(15-31-11-12-33(3,4)5)22(19)18-13-17(25)8-7-16(18)2/h7-10,13-14H,6,11-12,15H2,1-5H3,(H2,26,27,28). The number of halogens is 1. The van der Waals surface area contributed by atoms with Crippen LogP contribution in [0.3, 0.4) is 0 Å². The van der Waals surface area contributed by atoms with E-state index in [-0.39, 0.29) is 19.3 Å². The molecule has 33 heavy (non-hydrogen) atoms. The zero-order valence-electron chi connectivity index (χ0n) is 19.8. The summed E-state index contributed by atoms with van der Waals surface area (Å²) in [5, 5.41) is 0.575. The van der Waals surface area contributed by atoms with Crippen molar-refractivity contribution in [2.24, 2.45) is 0 Å². The highest BCUT2D eigenvalue weighted by Gasteiger charge is 2.25. The van der Waals surface area contributed by atoms with Gasteiger partial charge in [-0.25, -0.2) is 14.8 Å². The van der Waals surface area contributed by atoms with Crippen LogP contribution in [-0.4, -0.2) is 41.8 Å². The Balaban J connectivity index is 2.20. The monoisotopic (exact) mass is 486 g/mol. The Kier molecular flexibility index (Phi) is 7.94. The summed E-state index contributed by atoms with van der Waals surface area (Å²) in [5.41, 5.74) is 10.0. The lowest BCUT2D eigenvalue weighted by Crippen LogP contribution is -2.22. The Labute approximate surface area is 200 Å². The molecule has 0 bridgehead atoms. The molecule has 0 spiro atoms. The number of hydrogen-bond donors (Lipinski definition) is 1. The van der Waals surface area contributed by atoms with Gasteiger partial charge in [0.05, 0.1) is 29.3 Å². The van der Waals surface area contributed by atoms with Crippen LogP contribution < -0.4 is 5.73 Å². The lowest BCUT2D eigenvalue weighted by Gasteiger charge is -2.19. The third kappa shape index (κ3) is 6.22. The summed E-state index contributed by atoms with van der Waals surface area (Å²) in [6.07, 6.45) is 1.59. The highest BCUT2D eigenvalue weighted by Crippen LogP contribution is 2.36. The number of ether oxygens (including phenoxy) is 2. The summed E-state index contributed by atoms with van der Waals surface area (Å²) in [6, 6.07) is 10.2. The van der Waals surface area contributed by atoms with E-state index in [9.17, 15) is 4.79 Å². The molecule has 0 aliphatic carbocycles. The van der Waals surface area contributed by atoms with E-state index < -0.39 is 14.0 Å². The SMILES string of the molecule is CCOC(=O)c1cc(-c2ccnc(N)n2)n(COCC[Si](C)(C)C)c1-c1cc(Cl)ccc1C. The topological polar surface area (TPSA) is 92.3 Å². The predicted octanol–water partition coefficient (Wildman–Crippen LogP) is 5.65. The van der Waals surface area contributed by atoms with Crippen molar-refractivity contribution >= 4 is 31.6 Å². The van der Waals surface area contributed by atoms with Gasteiger partial charge in [0.1, 0.15) is 6.73 Å². The van der Waals surface area contributed by atoms with E-state index in [1.165, 1.54) is 0 Å². The average molecular weight is 487 g/mol. The van der Waals surface area contributed by atoms with Crippen molar-refractivity contribution in [1.82, 2.24) is 14.5 Å². The Morgan fingerprint density at radius 2 is 1.97 bits per heavy atom. The molecule has 0 fully saturated rings. The van der Waals surface area contributed by atoms with Crippen molar-refractivity contribution < 1.29 is 14.3 Å². The predicted molar refractivity (Wildman–Crippen MR) is 135 cm³/mol. The molecule has 0 saturated carbocycles. The van der Waals surface area contributed by atoms with E-state index in [1.807, 2.05) is 29.7 Å². The minimum absolute atomic E-state index is 0.151. The van der Waals surface area contributed by atoms with Crippen molar-refractivity contribution in [3.63, 3.8) is 0 Å². The smallest absolute Gasteiger partial charge is 0.340 e. The lowest BCUT2D eigenvalue weighted by atomic mass is 10.0. The minimum atomic E-state index is -1.26. The van der Waals surface area contributed by atoms with Gasteiger partial charge in [-0.3, -0.25) is 0 Å². The Hall–Kier alpha value is -2.68. The zero-order valence-corrected chi connectivity index (χ0v) is 21.6. The third-order valence-corrected chi connectivity index (χ3v) is 7.14. The number of hydrogen-bond acceptors (Lipinski definition) is 6. The molecular weight excluding hydrogens is 456 g/mol. The molecule has 0 amide bonds. The van der Waals surface area contributed by atoms with Crippen molar-refractivity contribution in [2.45, 2.75) is 46.3 Å². The van der Waals surface area contributed by atoms with Gasteiger partial charge in [-0.15, -0.1) is 0 Å². The largest absolute Gasteiger partial charge is 0.462 e. The van der Waals surface area contributed by atoms with Gasteiger partial charge >= 0.3 is 5.97 Å². The second-order valence-corrected chi connectivity index (χ2v) is 15.1. The first-order valence-electron chi connectivity index (χ1n) is 10.9. The maximum Gasteiger partial charge on any atom is 0.340 e. The first-order chi connectivity index (χ1) is 15.6. The summed E-state index contributed by atoms with van der Waals surface area (Å²) in [5.74, 6) is -0.269. The molecule has 2 N–H and O–H groups in total. The molecule has 2 aromatic heterocycles. The fourth-order valence-electron chi connectivity index (χ4n) is 3.45. The van der Waals surface area contributed by atoms with E-state index in [1.54, 1.807) is 25.3 Å². The van der Waals surface area contributed by atoms with Crippen LogP contribution in [0.4, 0.5) is 5.95 Å². The molecule has 176 valence electrons. The molecule has 7 nitrogen and oxygen atoms in total. The fourth-order valence-corrected chi connectivity index (χ4v) is 4.38. The number of esters is 1. The van der Waals surface area contributed by atoms with E-state index in [2.05, 4.69) is 29.6 Å². The Bertz CT molecular complexity index is 1140. The van der Waals surface area contributed by atoms with Crippen LogP contribution in [0.15, 0.2) is 36.5 Å². The van der Waals surface area contributed by atoms with Gasteiger partial charge in [0.2, 0.25) is 5.95 Å². The molecule has 9 heteroatoms. The fraction of sp³-hybridized carbons (Fsp3) is 0.375. The number of aromatic nitrogens is 3. The highest BCUT2D eigenvalue weighted by atomic mass is 35.5. The number of nitrogens with zero attached hydrogens (tertiary/aromatic N) is 3. The van der Waals surface area contributed by atoms with Crippen LogP contribution in [0.25, 0.3) is 22.6 Å². The molecule has 2 heterocycles. The van der Waals surface area contributed by atoms with Crippen molar-refractivity contribution in [3.05, 3.63) is 52.7 Å². The summed E-state index contributed by atoms with van der Waals surface area (Å²) >= 11 is 6.34. The van der Waals surface area contributed by atoms with E-state index in [0.29, 0.717) is 34.3 Å². The number of anilines is 1. The van der Waals surface area contributed by atoms with Gasteiger partial charge in [0, 0.05) is 31.5 Å². The second kappa shape index (κ2) is 10.5. The lowest BCUT2D eigenvalue weighted by molar-refractivity contribution is 0.0526.